The Morgan fingerprint density at radius 3 is 2.72 bits per heavy atom. The first-order valence-electron chi connectivity index (χ1n) is 5.98. The SMILES string of the molecule is CC(C)C[C@@H]1Nc2ccc(C(N)=O)cc2NC1=O. The number of anilines is 2. The lowest BCUT2D eigenvalue weighted by atomic mass is 10.00. The second kappa shape index (κ2) is 4.68. The summed E-state index contributed by atoms with van der Waals surface area (Å²) in [4.78, 5) is 23.0. The molecule has 2 rings (SSSR count). The predicted octanol–water partition coefficient (Wildman–Crippen LogP) is 1.56. The van der Waals surface area contributed by atoms with Crippen LogP contribution in [0.15, 0.2) is 18.2 Å². The third-order valence-corrected chi connectivity index (χ3v) is 2.92. The molecule has 0 unspecified atom stereocenters. The Labute approximate surface area is 106 Å². The molecule has 0 bridgehead atoms. The number of primary amides is 1. The van der Waals surface area contributed by atoms with Gasteiger partial charge in [-0.15, -0.1) is 0 Å². The maximum Gasteiger partial charge on any atom is 0.248 e. The van der Waals surface area contributed by atoms with Crippen molar-refractivity contribution >= 4 is 23.2 Å². The van der Waals surface area contributed by atoms with E-state index in [1.807, 2.05) is 0 Å². The minimum Gasteiger partial charge on any atom is -0.372 e. The summed E-state index contributed by atoms with van der Waals surface area (Å²) in [7, 11) is 0. The first-order valence-corrected chi connectivity index (χ1v) is 5.98. The topological polar surface area (TPSA) is 84.2 Å². The Bertz CT molecular complexity index is 497. The fourth-order valence-electron chi connectivity index (χ4n) is 2.04. The average molecular weight is 247 g/mol. The van der Waals surface area contributed by atoms with E-state index < -0.39 is 5.91 Å². The molecule has 1 aromatic rings. The molecule has 96 valence electrons. The zero-order chi connectivity index (χ0) is 13.3. The van der Waals surface area contributed by atoms with Crippen molar-refractivity contribution < 1.29 is 9.59 Å². The molecule has 1 aliphatic heterocycles. The lowest BCUT2D eigenvalue weighted by Crippen LogP contribution is -2.39. The van der Waals surface area contributed by atoms with Crippen molar-refractivity contribution in [1.29, 1.82) is 0 Å². The highest BCUT2D eigenvalue weighted by Gasteiger charge is 2.26. The maximum absolute atomic E-state index is 11.9. The van der Waals surface area contributed by atoms with Crippen LogP contribution in [0.2, 0.25) is 0 Å². The highest BCUT2D eigenvalue weighted by molar-refractivity contribution is 6.05. The van der Waals surface area contributed by atoms with Crippen LogP contribution >= 0.6 is 0 Å². The second-order valence-corrected chi connectivity index (χ2v) is 4.94. The highest BCUT2D eigenvalue weighted by Crippen LogP contribution is 2.29. The van der Waals surface area contributed by atoms with Crippen LogP contribution in [0.4, 0.5) is 11.4 Å². The molecule has 5 nitrogen and oxygen atoms in total. The van der Waals surface area contributed by atoms with Crippen LogP contribution in [-0.4, -0.2) is 17.9 Å². The summed E-state index contributed by atoms with van der Waals surface area (Å²) in [6.45, 7) is 4.14. The van der Waals surface area contributed by atoms with E-state index in [-0.39, 0.29) is 11.9 Å². The molecule has 5 heteroatoms. The molecule has 0 saturated carbocycles. The molecule has 1 heterocycles. The van der Waals surface area contributed by atoms with Gasteiger partial charge in [-0.3, -0.25) is 9.59 Å². The Morgan fingerprint density at radius 1 is 1.39 bits per heavy atom. The highest BCUT2D eigenvalue weighted by atomic mass is 16.2. The van der Waals surface area contributed by atoms with Crippen LogP contribution in [0, 0.1) is 5.92 Å². The van der Waals surface area contributed by atoms with Crippen molar-refractivity contribution in [2.45, 2.75) is 26.3 Å². The number of benzene rings is 1. The third kappa shape index (κ3) is 2.45. The van der Waals surface area contributed by atoms with Crippen LogP contribution in [0.25, 0.3) is 0 Å². The fraction of sp³-hybridized carbons (Fsp3) is 0.385. The second-order valence-electron chi connectivity index (χ2n) is 4.94. The Kier molecular flexibility index (Phi) is 3.23. The van der Waals surface area contributed by atoms with Gasteiger partial charge in [0.05, 0.1) is 11.4 Å². The largest absolute Gasteiger partial charge is 0.372 e. The lowest BCUT2D eigenvalue weighted by molar-refractivity contribution is -0.117. The molecule has 18 heavy (non-hydrogen) atoms. The van der Waals surface area contributed by atoms with Crippen molar-refractivity contribution in [1.82, 2.24) is 0 Å². The summed E-state index contributed by atoms with van der Waals surface area (Å²) in [5.74, 6) is -0.145. The van der Waals surface area contributed by atoms with Gasteiger partial charge in [0, 0.05) is 5.56 Å². The number of carbonyl (C=O) groups excluding carboxylic acids is 2. The van der Waals surface area contributed by atoms with Gasteiger partial charge in [-0.2, -0.15) is 0 Å². The monoisotopic (exact) mass is 247 g/mol. The average Bonchev–Trinajstić information content (AvgIpc) is 2.28. The maximum atomic E-state index is 11.9. The van der Waals surface area contributed by atoms with E-state index >= 15 is 0 Å². The van der Waals surface area contributed by atoms with Crippen molar-refractivity contribution in [3.8, 4) is 0 Å². The van der Waals surface area contributed by atoms with E-state index in [9.17, 15) is 9.59 Å². The number of hydrogen-bond acceptors (Lipinski definition) is 3. The molecule has 0 spiro atoms. The smallest absolute Gasteiger partial charge is 0.248 e. The van der Waals surface area contributed by atoms with Gasteiger partial charge >= 0.3 is 0 Å². The molecule has 1 aliphatic rings. The molecule has 0 fully saturated rings. The summed E-state index contributed by atoms with van der Waals surface area (Å²) >= 11 is 0. The first kappa shape index (κ1) is 12.4. The summed E-state index contributed by atoms with van der Waals surface area (Å²) in [5, 5.41) is 5.98. The van der Waals surface area contributed by atoms with Crippen LogP contribution in [-0.2, 0) is 4.79 Å². The van der Waals surface area contributed by atoms with E-state index in [0.29, 0.717) is 17.2 Å². The normalized spacial score (nSPS) is 17.9. The molecule has 0 radical (unpaired) electrons. The van der Waals surface area contributed by atoms with Crippen LogP contribution in [0.3, 0.4) is 0 Å². The number of rotatable bonds is 3. The zero-order valence-corrected chi connectivity index (χ0v) is 10.5. The Hall–Kier alpha value is -2.04. The summed E-state index contributed by atoms with van der Waals surface area (Å²) < 4.78 is 0. The Morgan fingerprint density at radius 2 is 2.11 bits per heavy atom. The van der Waals surface area contributed by atoms with Gasteiger partial charge in [-0.25, -0.2) is 0 Å². The number of carbonyl (C=O) groups is 2. The number of nitrogens with two attached hydrogens (primary N) is 1. The molecule has 0 saturated heterocycles. The zero-order valence-electron chi connectivity index (χ0n) is 10.5. The quantitative estimate of drug-likeness (QED) is 0.758. The third-order valence-electron chi connectivity index (χ3n) is 2.92. The predicted molar refractivity (Wildman–Crippen MR) is 70.5 cm³/mol. The van der Waals surface area contributed by atoms with Crippen molar-refractivity contribution in [3.05, 3.63) is 23.8 Å². The number of amides is 2. The molecule has 4 N–H and O–H groups in total. The molecular weight excluding hydrogens is 230 g/mol. The number of nitrogens with one attached hydrogen (secondary N) is 2. The lowest BCUT2D eigenvalue weighted by Gasteiger charge is -2.28. The Balaban J connectivity index is 2.25. The standard InChI is InChI=1S/C13H17N3O2/c1-7(2)5-11-13(18)16-10-6-8(12(14)17)3-4-9(10)15-11/h3-4,6-7,11,15H,5H2,1-2H3,(H2,14,17)(H,16,18)/t11-/m0/s1. The summed E-state index contributed by atoms with van der Waals surface area (Å²) in [6.07, 6.45) is 0.767. The molecule has 0 aliphatic carbocycles. The van der Waals surface area contributed by atoms with Gasteiger partial charge < -0.3 is 16.4 Å². The van der Waals surface area contributed by atoms with Gasteiger partial charge in [0.15, 0.2) is 0 Å². The van der Waals surface area contributed by atoms with Gasteiger partial charge in [-0.05, 0) is 30.5 Å². The van der Waals surface area contributed by atoms with E-state index in [1.54, 1.807) is 18.2 Å². The van der Waals surface area contributed by atoms with Crippen molar-refractivity contribution in [3.63, 3.8) is 0 Å². The van der Waals surface area contributed by atoms with E-state index in [4.69, 9.17) is 5.73 Å². The van der Waals surface area contributed by atoms with E-state index in [1.165, 1.54) is 0 Å². The first-order chi connectivity index (χ1) is 8.47. The van der Waals surface area contributed by atoms with Gasteiger partial charge in [-0.1, -0.05) is 13.8 Å². The van der Waals surface area contributed by atoms with Gasteiger partial charge in [0.25, 0.3) is 0 Å². The molecule has 2 amide bonds. The van der Waals surface area contributed by atoms with E-state index in [0.717, 1.165) is 12.1 Å². The molecule has 0 aromatic heterocycles. The molecular formula is C13H17N3O2. The van der Waals surface area contributed by atoms with Crippen LogP contribution < -0.4 is 16.4 Å². The minimum absolute atomic E-state index is 0.0715. The van der Waals surface area contributed by atoms with Gasteiger partial charge in [0.1, 0.15) is 6.04 Å². The van der Waals surface area contributed by atoms with Crippen LogP contribution in [0.1, 0.15) is 30.6 Å². The summed E-state index contributed by atoms with van der Waals surface area (Å²) in [5.41, 5.74) is 7.02. The van der Waals surface area contributed by atoms with Crippen LogP contribution in [0.5, 0.6) is 0 Å². The number of hydrogen-bond donors (Lipinski definition) is 3. The van der Waals surface area contributed by atoms with Gasteiger partial charge in [0.2, 0.25) is 11.8 Å². The molecule has 1 aromatic carbocycles. The van der Waals surface area contributed by atoms with Crippen molar-refractivity contribution in [2.24, 2.45) is 11.7 Å². The summed E-state index contributed by atoms with van der Waals surface area (Å²) in [6, 6.07) is 4.78. The fourth-order valence-corrected chi connectivity index (χ4v) is 2.04. The molecule has 1 atom stereocenters. The number of fused-ring (bicyclic) bond motifs is 1. The van der Waals surface area contributed by atoms with E-state index in [2.05, 4.69) is 24.5 Å². The van der Waals surface area contributed by atoms with Crippen molar-refractivity contribution in [2.75, 3.05) is 10.6 Å². The minimum atomic E-state index is -0.503.